The number of nitrogens with zero attached hydrogens (tertiary/aromatic N) is 2. The second kappa shape index (κ2) is 14.3. The number of para-hydroxylation sites is 2. The molecule has 2 heteroatoms. The molecular weight excluding hydrogens is 797 g/mol. The van der Waals surface area contributed by atoms with Crippen LogP contribution in [-0.4, -0.2) is 0 Å². The molecule has 0 atom stereocenters. The number of rotatable bonds is 6. The summed E-state index contributed by atoms with van der Waals surface area (Å²) >= 11 is 0. The lowest BCUT2D eigenvalue weighted by Gasteiger charge is -2.34. The highest BCUT2D eigenvalue weighted by atomic mass is 15.2. The second-order valence-corrected chi connectivity index (χ2v) is 19.3. The molecule has 0 amide bonds. The second-order valence-electron chi connectivity index (χ2n) is 19.3. The first-order valence-electron chi connectivity index (χ1n) is 23.3. The summed E-state index contributed by atoms with van der Waals surface area (Å²) < 4.78 is 0. The van der Waals surface area contributed by atoms with Gasteiger partial charge in [0.15, 0.2) is 0 Å². The molecule has 0 spiro atoms. The average Bonchev–Trinajstić information content (AvgIpc) is 3.72. The third-order valence-electron chi connectivity index (χ3n) is 14.9. The first kappa shape index (κ1) is 38.5. The Kier molecular flexibility index (Phi) is 8.33. The summed E-state index contributed by atoms with van der Waals surface area (Å²) in [6, 6.07) is 81.7. The van der Waals surface area contributed by atoms with Crippen molar-refractivity contribution in [3.63, 3.8) is 0 Å². The van der Waals surface area contributed by atoms with Crippen LogP contribution in [0.15, 0.2) is 218 Å². The molecule has 13 rings (SSSR count). The zero-order chi connectivity index (χ0) is 44.3. The maximum absolute atomic E-state index is 2.57. The Balaban J connectivity index is 1.26. The van der Waals surface area contributed by atoms with E-state index in [0.717, 1.165) is 22.7 Å². The van der Waals surface area contributed by atoms with Gasteiger partial charge in [0.1, 0.15) is 0 Å². The Labute approximate surface area is 386 Å². The van der Waals surface area contributed by atoms with Gasteiger partial charge in [-0.3, -0.25) is 0 Å². The van der Waals surface area contributed by atoms with E-state index in [-0.39, 0.29) is 10.8 Å². The Bertz CT molecular complexity index is 3640. The zero-order valence-electron chi connectivity index (χ0n) is 37.7. The largest absolute Gasteiger partial charge is 0.309 e. The molecule has 11 aromatic rings. The Morgan fingerprint density at radius 2 is 0.606 bits per heavy atom. The van der Waals surface area contributed by atoms with Crippen molar-refractivity contribution in [3.05, 3.63) is 241 Å². The molecular formula is C64H48N2. The van der Waals surface area contributed by atoms with E-state index in [0.29, 0.717) is 0 Å². The lowest BCUT2D eigenvalue weighted by Crippen LogP contribution is -2.18. The Morgan fingerprint density at radius 1 is 0.258 bits per heavy atom. The van der Waals surface area contributed by atoms with Crippen LogP contribution in [0.3, 0.4) is 0 Å². The fourth-order valence-electron chi connectivity index (χ4n) is 11.7. The minimum absolute atomic E-state index is 0.216. The number of hydrogen-bond donors (Lipinski definition) is 0. The molecule has 66 heavy (non-hydrogen) atoms. The van der Waals surface area contributed by atoms with Gasteiger partial charge in [-0.1, -0.05) is 173 Å². The molecule has 0 radical (unpaired) electrons. The van der Waals surface area contributed by atoms with Crippen molar-refractivity contribution in [2.45, 2.75) is 38.5 Å². The fourth-order valence-corrected chi connectivity index (χ4v) is 11.7. The molecule has 0 bridgehead atoms. The van der Waals surface area contributed by atoms with Crippen molar-refractivity contribution in [2.75, 3.05) is 9.80 Å². The van der Waals surface area contributed by atoms with E-state index in [1.54, 1.807) is 0 Å². The summed E-state index contributed by atoms with van der Waals surface area (Å²) in [7, 11) is 0. The van der Waals surface area contributed by atoms with Crippen molar-refractivity contribution in [1.29, 1.82) is 0 Å². The molecule has 0 fully saturated rings. The van der Waals surface area contributed by atoms with Gasteiger partial charge in [-0.2, -0.15) is 0 Å². The highest BCUT2D eigenvalue weighted by molar-refractivity contribution is 6.25. The summed E-state index contributed by atoms with van der Waals surface area (Å²) in [6.45, 7) is 9.62. The van der Waals surface area contributed by atoms with Gasteiger partial charge in [-0.15, -0.1) is 0 Å². The molecule has 0 saturated carbocycles. The average molecular weight is 845 g/mol. The van der Waals surface area contributed by atoms with Crippen LogP contribution in [0.2, 0.25) is 0 Å². The highest BCUT2D eigenvalue weighted by Crippen LogP contribution is 2.59. The summed E-state index contributed by atoms with van der Waals surface area (Å²) in [6.07, 6.45) is 0. The SMILES string of the molecule is CC1(C)c2ccccc2-c2cc3c(N(c4ccccc4)c4ccc5ccccc5c4)c4cc5c(cc4c(N(c4ccccc4)c4ccc6ccccc6c4)c3cc21)C(C)(C)c1ccccc1-5. The minimum atomic E-state index is -0.216. The van der Waals surface area contributed by atoms with Crippen molar-refractivity contribution in [2.24, 2.45) is 0 Å². The quantitative estimate of drug-likeness (QED) is 0.122. The molecule has 11 aromatic carbocycles. The van der Waals surface area contributed by atoms with Crippen molar-refractivity contribution in [3.8, 4) is 22.3 Å². The first-order valence-corrected chi connectivity index (χ1v) is 23.3. The maximum atomic E-state index is 2.57. The van der Waals surface area contributed by atoms with E-state index in [1.165, 1.54) is 99.0 Å². The number of hydrogen-bond acceptors (Lipinski definition) is 2. The molecule has 0 heterocycles. The van der Waals surface area contributed by atoms with Crippen molar-refractivity contribution < 1.29 is 0 Å². The molecule has 314 valence electrons. The molecule has 0 unspecified atom stereocenters. The summed E-state index contributed by atoms with van der Waals surface area (Å²) in [4.78, 5) is 5.09. The first-order chi connectivity index (χ1) is 32.3. The topological polar surface area (TPSA) is 6.48 Å². The van der Waals surface area contributed by atoms with Crippen LogP contribution in [-0.2, 0) is 10.8 Å². The smallest absolute Gasteiger partial charge is 0.0620 e. The standard InChI is InChI=1S/C64H48N2/c1-63(2)57-29-17-15-27-49(57)51-37-53-55(39-59(51)63)62(66(46-25-9-6-10-26-46)48-34-32-42-20-12-14-22-44(42)36-48)56-40-60-52(50-28-16-18-30-58(50)64(60,3)4)38-54(56)61(53)65(45-23-7-5-8-24-45)47-33-31-41-19-11-13-21-43(41)35-47/h5-40H,1-4H3. The monoisotopic (exact) mass is 844 g/mol. The van der Waals surface area contributed by atoms with Crippen molar-refractivity contribution in [1.82, 2.24) is 0 Å². The Morgan fingerprint density at radius 3 is 1.03 bits per heavy atom. The number of fused-ring (bicyclic) bond motifs is 10. The molecule has 0 aromatic heterocycles. The van der Waals surface area contributed by atoms with Gasteiger partial charge in [0.25, 0.3) is 0 Å². The lowest BCUT2D eigenvalue weighted by atomic mass is 9.80. The minimum Gasteiger partial charge on any atom is -0.309 e. The predicted octanol–water partition coefficient (Wildman–Crippen LogP) is 17.9. The molecule has 2 aliphatic carbocycles. The fraction of sp³-hybridized carbons (Fsp3) is 0.0938. The molecule has 0 aliphatic heterocycles. The van der Waals surface area contributed by atoms with Gasteiger partial charge in [0, 0.05) is 55.1 Å². The highest BCUT2D eigenvalue weighted by Gasteiger charge is 2.39. The van der Waals surface area contributed by atoms with E-state index < -0.39 is 0 Å². The molecule has 0 saturated heterocycles. The van der Waals surface area contributed by atoms with Gasteiger partial charge in [0.2, 0.25) is 0 Å². The van der Waals surface area contributed by atoms with E-state index in [4.69, 9.17) is 0 Å². The normalized spacial score (nSPS) is 14.0. The van der Waals surface area contributed by atoms with Crippen LogP contribution in [0.25, 0.3) is 65.3 Å². The summed E-state index contributed by atoms with van der Waals surface area (Å²) in [5.41, 5.74) is 17.0. The van der Waals surface area contributed by atoms with Gasteiger partial charge in [-0.05, 0) is 139 Å². The van der Waals surface area contributed by atoms with Gasteiger partial charge >= 0.3 is 0 Å². The van der Waals surface area contributed by atoms with Crippen LogP contribution in [0.5, 0.6) is 0 Å². The van der Waals surface area contributed by atoms with E-state index in [2.05, 4.69) is 256 Å². The van der Waals surface area contributed by atoms with Crippen LogP contribution in [0.1, 0.15) is 49.9 Å². The third-order valence-corrected chi connectivity index (χ3v) is 14.9. The number of anilines is 6. The van der Waals surface area contributed by atoms with Gasteiger partial charge in [-0.25, -0.2) is 0 Å². The van der Waals surface area contributed by atoms with E-state index >= 15 is 0 Å². The summed E-state index contributed by atoms with van der Waals surface area (Å²) in [5.74, 6) is 0. The lowest BCUT2D eigenvalue weighted by molar-refractivity contribution is 0.661. The van der Waals surface area contributed by atoms with E-state index in [1.807, 2.05) is 0 Å². The van der Waals surface area contributed by atoms with Crippen LogP contribution in [0.4, 0.5) is 34.1 Å². The zero-order valence-corrected chi connectivity index (χ0v) is 37.7. The molecule has 0 N–H and O–H groups in total. The molecule has 2 aliphatic rings. The molecule has 2 nitrogen and oxygen atoms in total. The predicted molar refractivity (Wildman–Crippen MR) is 281 cm³/mol. The van der Waals surface area contributed by atoms with Gasteiger partial charge in [0.05, 0.1) is 11.4 Å². The van der Waals surface area contributed by atoms with Crippen LogP contribution >= 0.6 is 0 Å². The number of benzene rings is 11. The van der Waals surface area contributed by atoms with Crippen LogP contribution < -0.4 is 9.80 Å². The van der Waals surface area contributed by atoms with E-state index in [9.17, 15) is 0 Å². The van der Waals surface area contributed by atoms with Crippen LogP contribution in [0, 0.1) is 0 Å². The van der Waals surface area contributed by atoms with Gasteiger partial charge < -0.3 is 9.80 Å². The third kappa shape index (κ3) is 5.61. The van der Waals surface area contributed by atoms with Crippen molar-refractivity contribution >= 4 is 77.2 Å². The maximum Gasteiger partial charge on any atom is 0.0620 e. The summed E-state index contributed by atoms with van der Waals surface area (Å²) in [5, 5.41) is 9.70. The Hall–Kier alpha value is -7.94.